The van der Waals surface area contributed by atoms with Crippen molar-refractivity contribution in [3.05, 3.63) is 70.1 Å². The highest BCUT2D eigenvalue weighted by Gasteiger charge is 2.07. The summed E-state index contributed by atoms with van der Waals surface area (Å²) in [5.74, 6) is -0.807. The second-order valence-corrected chi connectivity index (χ2v) is 5.25. The number of para-hydroxylation sites is 2. The maximum atomic E-state index is 12.1. The maximum Gasteiger partial charge on any atom is 0.326 e. The van der Waals surface area contributed by atoms with E-state index in [1.807, 2.05) is 48.5 Å². The normalized spacial score (nSPS) is 10.9. The van der Waals surface area contributed by atoms with Crippen molar-refractivity contribution in [2.24, 2.45) is 0 Å². The molecule has 0 aliphatic carbocycles. The summed E-state index contributed by atoms with van der Waals surface area (Å²) in [5, 5.41) is 8.76. The molecule has 5 nitrogen and oxygen atoms in total. The summed E-state index contributed by atoms with van der Waals surface area (Å²) in [6.07, 6.45) is 0.600. The van der Waals surface area contributed by atoms with Crippen molar-refractivity contribution in [3.8, 4) is 0 Å². The van der Waals surface area contributed by atoms with Gasteiger partial charge in [0.2, 0.25) is 0 Å². The fourth-order valence-corrected chi connectivity index (χ4v) is 2.58. The molecular formula is C17H16N2O3. The molecule has 0 amide bonds. The maximum absolute atomic E-state index is 12.1. The number of aryl methyl sites for hydroxylation is 1. The van der Waals surface area contributed by atoms with Crippen LogP contribution in [0.15, 0.2) is 53.3 Å². The highest BCUT2D eigenvalue weighted by atomic mass is 16.4. The molecule has 0 atom stereocenters. The monoisotopic (exact) mass is 296 g/mol. The molecule has 0 bridgehead atoms. The Hall–Kier alpha value is -2.82. The number of carboxylic acids is 1. The summed E-state index contributed by atoms with van der Waals surface area (Å²) in [7, 11) is 0. The summed E-state index contributed by atoms with van der Waals surface area (Å²) in [4.78, 5) is 25.6. The quantitative estimate of drug-likeness (QED) is 0.759. The van der Waals surface area contributed by atoms with Crippen LogP contribution in [0.2, 0.25) is 0 Å². The van der Waals surface area contributed by atoms with E-state index >= 15 is 0 Å². The Labute approximate surface area is 126 Å². The molecule has 2 N–H and O–H groups in total. The van der Waals surface area contributed by atoms with Crippen molar-refractivity contribution in [3.63, 3.8) is 0 Å². The molecule has 0 radical (unpaired) electrons. The first kappa shape index (κ1) is 14.1. The van der Waals surface area contributed by atoms with Crippen molar-refractivity contribution in [1.82, 2.24) is 9.55 Å². The van der Waals surface area contributed by atoms with Crippen LogP contribution in [0.4, 0.5) is 0 Å². The number of carbonyl (C=O) groups is 1. The van der Waals surface area contributed by atoms with Gasteiger partial charge in [0.1, 0.15) is 0 Å². The number of carboxylic acid groups (broad SMARTS) is 1. The van der Waals surface area contributed by atoms with Crippen LogP contribution < -0.4 is 5.69 Å². The second kappa shape index (κ2) is 5.89. The Kier molecular flexibility index (Phi) is 3.78. The molecule has 3 rings (SSSR count). The van der Waals surface area contributed by atoms with Gasteiger partial charge in [-0.3, -0.25) is 9.36 Å². The van der Waals surface area contributed by atoms with Crippen LogP contribution in [0.3, 0.4) is 0 Å². The van der Waals surface area contributed by atoms with E-state index in [0.29, 0.717) is 13.0 Å². The molecule has 0 saturated carbocycles. The molecule has 0 spiro atoms. The number of nitrogens with zero attached hydrogens (tertiary/aromatic N) is 1. The minimum absolute atomic E-state index is 0.108. The smallest absolute Gasteiger partial charge is 0.326 e. The fraction of sp³-hybridized carbons (Fsp3) is 0.176. The third-order valence-corrected chi connectivity index (χ3v) is 3.64. The van der Waals surface area contributed by atoms with E-state index < -0.39 is 5.97 Å². The van der Waals surface area contributed by atoms with E-state index in [1.165, 1.54) is 0 Å². The Morgan fingerprint density at radius 2 is 1.86 bits per heavy atom. The number of aromatic nitrogens is 2. The number of hydrogen-bond donors (Lipinski definition) is 2. The molecule has 1 aromatic heterocycles. The average Bonchev–Trinajstić information content (AvgIpc) is 2.82. The molecule has 0 fully saturated rings. The van der Waals surface area contributed by atoms with Crippen molar-refractivity contribution >= 4 is 17.0 Å². The third-order valence-electron chi connectivity index (χ3n) is 3.64. The first-order valence-corrected chi connectivity index (χ1v) is 7.10. The number of imidazole rings is 1. The molecule has 0 saturated heterocycles. The highest BCUT2D eigenvalue weighted by Crippen LogP contribution is 2.13. The zero-order valence-corrected chi connectivity index (χ0v) is 12.0. The van der Waals surface area contributed by atoms with Crippen LogP contribution in [-0.4, -0.2) is 20.6 Å². The van der Waals surface area contributed by atoms with Crippen molar-refractivity contribution in [2.75, 3.05) is 0 Å². The Bertz CT molecular complexity index is 877. The average molecular weight is 296 g/mol. The van der Waals surface area contributed by atoms with Crippen molar-refractivity contribution in [2.45, 2.75) is 19.4 Å². The summed E-state index contributed by atoms with van der Waals surface area (Å²) in [6, 6.07) is 15.3. The molecule has 0 aliphatic heterocycles. The first-order valence-electron chi connectivity index (χ1n) is 7.10. The lowest BCUT2D eigenvalue weighted by molar-refractivity contribution is -0.136. The second-order valence-electron chi connectivity index (χ2n) is 5.25. The molecule has 0 unspecified atom stereocenters. The van der Waals surface area contributed by atoms with Crippen LogP contribution in [0, 0.1) is 0 Å². The SMILES string of the molecule is O=C(O)CCc1cccc(Cn2c(=O)[nH]c3ccccc32)c1. The molecule has 112 valence electrons. The van der Waals surface area contributed by atoms with Crippen molar-refractivity contribution in [1.29, 1.82) is 0 Å². The number of hydrogen-bond acceptors (Lipinski definition) is 2. The van der Waals surface area contributed by atoms with Gasteiger partial charge >= 0.3 is 11.7 Å². The van der Waals surface area contributed by atoms with E-state index in [4.69, 9.17) is 5.11 Å². The zero-order chi connectivity index (χ0) is 15.5. The molecule has 0 aliphatic rings. The van der Waals surface area contributed by atoms with E-state index in [1.54, 1.807) is 4.57 Å². The predicted molar refractivity (Wildman–Crippen MR) is 84.1 cm³/mol. The zero-order valence-electron chi connectivity index (χ0n) is 12.0. The van der Waals surface area contributed by atoms with Gasteiger partial charge in [0, 0.05) is 6.42 Å². The van der Waals surface area contributed by atoms with Gasteiger partial charge in [-0.25, -0.2) is 4.79 Å². The Morgan fingerprint density at radius 1 is 1.09 bits per heavy atom. The van der Waals surface area contributed by atoms with Crippen LogP contribution in [0.1, 0.15) is 17.5 Å². The molecule has 1 heterocycles. The minimum atomic E-state index is -0.807. The van der Waals surface area contributed by atoms with Gasteiger partial charge in [0.05, 0.1) is 17.6 Å². The van der Waals surface area contributed by atoms with Gasteiger partial charge in [-0.2, -0.15) is 0 Å². The van der Waals surface area contributed by atoms with Crippen LogP contribution in [0.5, 0.6) is 0 Å². The number of aromatic amines is 1. The van der Waals surface area contributed by atoms with Gasteiger partial charge < -0.3 is 10.1 Å². The van der Waals surface area contributed by atoms with Gasteiger partial charge in [0.25, 0.3) is 0 Å². The molecule has 2 aromatic carbocycles. The fourth-order valence-electron chi connectivity index (χ4n) is 2.58. The van der Waals surface area contributed by atoms with Gasteiger partial charge in [-0.05, 0) is 29.7 Å². The van der Waals surface area contributed by atoms with Gasteiger partial charge in [0.15, 0.2) is 0 Å². The number of rotatable bonds is 5. The molecule has 22 heavy (non-hydrogen) atoms. The number of fused-ring (bicyclic) bond motifs is 1. The van der Waals surface area contributed by atoms with E-state index in [9.17, 15) is 9.59 Å². The summed E-state index contributed by atoms with van der Waals surface area (Å²) >= 11 is 0. The van der Waals surface area contributed by atoms with Gasteiger partial charge in [-0.15, -0.1) is 0 Å². The lowest BCUT2D eigenvalue weighted by Crippen LogP contribution is -2.17. The Balaban J connectivity index is 1.89. The largest absolute Gasteiger partial charge is 0.481 e. The van der Waals surface area contributed by atoms with Crippen molar-refractivity contribution < 1.29 is 9.90 Å². The predicted octanol–water partition coefficient (Wildman–Crippen LogP) is 2.40. The standard InChI is InChI=1S/C17H16N2O3/c20-16(21)9-8-12-4-3-5-13(10-12)11-19-15-7-2-1-6-14(15)18-17(19)22/h1-7,10H,8-9,11H2,(H,18,22)(H,20,21). The summed E-state index contributed by atoms with van der Waals surface area (Å²) in [5.41, 5.74) is 3.48. The number of nitrogens with one attached hydrogen (secondary N) is 1. The topological polar surface area (TPSA) is 75.1 Å². The van der Waals surface area contributed by atoms with Crippen LogP contribution >= 0.6 is 0 Å². The molecular weight excluding hydrogens is 280 g/mol. The highest BCUT2D eigenvalue weighted by molar-refractivity contribution is 5.75. The number of aliphatic carboxylic acids is 1. The van der Waals surface area contributed by atoms with Crippen LogP contribution in [-0.2, 0) is 17.8 Å². The third kappa shape index (κ3) is 2.93. The van der Waals surface area contributed by atoms with Crippen LogP contribution in [0.25, 0.3) is 11.0 Å². The molecule has 3 aromatic rings. The lowest BCUT2D eigenvalue weighted by Gasteiger charge is -2.06. The Morgan fingerprint density at radius 3 is 2.68 bits per heavy atom. The summed E-state index contributed by atoms with van der Waals surface area (Å²) < 4.78 is 1.69. The number of H-pyrrole nitrogens is 1. The van der Waals surface area contributed by atoms with Gasteiger partial charge in [-0.1, -0.05) is 36.4 Å². The lowest BCUT2D eigenvalue weighted by atomic mass is 10.1. The first-order chi connectivity index (χ1) is 10.6. The van der Waals surface area contributed by atoms with E-state index in [0.717, 1.165) is 22.2 Å². The number of benzene rings is 2. The molecule has 5 heteroatoms. The van der Waals surface area contributed by atoms with E-state index in [2.05, 4.69) is 4.98 Å². The van der Waals surface area contributed by atoms with E-state index in [-0.39, 0.29) is 12.1 Å². The minimum Gasteiger partial charge on any atom is -0.481 e. The summed E-state index contributed by atoms with van der Waals surface area (Å²) in [6.45, 7) is 0.462.